The van der Waals surface area contributed by atoms with Crippen LogP contribution in [0.5, 0.6) is 0 Å². The van der Waals surface area contributed by atoms with Crippen molar-refractivity contribution >= 4 is 35.4 Å². The molecule has 140 valence electrons. The molecule has 1 aromatic rings. The highest BCUT2D eigenvalue weighted by Crippen LogP contribution is 2.29. The number of nitrogens with one attached hydrogen (secondary N) is 2. The number of hydrogen-bond donors (Lipinski definition) is 2. The van der Waals surface area contributed by atoms with Crippen molar-refractivity contribution in [2.24, 2.45) is 0 Å². The van der Waals surface area contributed by atoms with Gasteiger partial charge in [0.05, 0.1) is 18.2 Å². The maximum absolute atomic E-state index is 12.7. The first-order valence-corrected chi connectivity index (χ1v) is 10.1. The van der Waals surface area contributed by atoms with Crippen LogP contribution in [0.15, 0.2) is 35.5 Å². The zero-order valence-corrected chi connectivity index (χ0v) is 16.2. The molecule has 2 heterocycles. The molecular weight excluding hydrogens is 374 g/mol. The molecule has 6 nitrogen and oxygen atoms in total. The number of ether oxygens (including phenoxy) is 1. The van der Waals surface area contributed by atoms with E-state index in [2.05, 4.69) is 15.5 Å². The fourth-order valence-corrected chi connectivity index (χ4v) is 4.29. The fraction of sp³-hybridized carbons (Fsp3) is 0.444. The number of halogens is 1. The number of esters is 1. The number of urea groups is 1. The van der Waals surface area contributed by atoms with Crippen molar-refractivity contribution < 1.29 is 14.3 Å². The molecule has 0 saturated carbocycles. The van der Waals surface area contributed by atoms with Crippen molar-refractivity contribution in [1.82, 2.24) is 15.5 Å². The third-order valence-electron chi connectivity index (χ3n) is 4.32. The Kier molecular flexibility index (Phi) is 6.45. The van der Waals surface area contributed by atoms with Gasteiger partial charge in [0.2, 0.25) is 0 Å². The van der Waals surface area contributed by atoms with Gasteiger partial charge in [-0.15, -0.1) is 0 Å². The van der Waals surface area contributed by atoms with E-state index in [4.69, 9.17) is 16.3 Å². The second-order valence-corrected chi connectivity index (χ2v) is 7.75. The number of carbonyl (C=O) groups excluding carboxylic acids is 2. The maximum Gasteiger partial charge on any atom is 0.338 e. The Labute approximate surface area is 162 Å². The predicted molar refractivity (Wildman–Crippen MR) is 103 cm³/mol. The van der Waals surface area contributed by atoms with Gasteiger partial charge in [-0.25, -0.2) is 9.59 Å². The molecule has 8 heteroatoms. The molecule has 3 rings (SSSR count). The van der Waals surface area contributed by atoms with Crippen LogP contribution in [-0.2, 0) is 9.53 Å². The minimum Gasteiger partial charge on any atom is -0.463 e. The van der Waals surface area contributed by atoms with E-state index in [0.717, 1.165) is 30.2 Å². The minimum atomic E-state index is -0.587. The molecule has 0 spiro atoms. The number of thioether (sulfide) groups is 1. The molecule has 0 radical (unpaired) electrons. The summed E-state index contributed by atoms with van der Waals surface area (Å²) >= 11 is 8.02. The Morgan fingerprint density at radius 3 is 2.85 bits per heavy atom. The summed E-state index contributed by atoms with van der Waals surface area (Å²) in [5, 5.41) is 6.19. The summed E-state index contributed by atoms with van der Waals surface area (Å²) in [7, 11) is 0. The summed E-state index contributed by atoms with van der Waals surface area (Å²) in [6.07, 6.45) is 0. The molecule has 1 saturated heterocycles. The topological polar surface area (TPSA) is 70.7 Å². The van der Waals surface area contributed by atoms with E-state index in [9.17, 15) is 9.59 Å². The maximum atomic E-state index is 12.7. The van der Waals surface area contributed by atoms with E-state index in [1.165, 1.54) is 0 Å². The summed E-state index contributed by atoms with van der Waals surface area (Å²) in [5.74, 6) is 1.67. The molecule has 2 amide bonds. The minimum absolute atomic E-state index is 0.270. The van der Waals surface area contributed by atoms with E-state index in [0.29, 0.717) is 22.8 Å². The Balaban J connectivity index is 1.98. The van der Waals surface area contributed by atoms with Gasteiger partial charge in [-0.3, -0.25) is 4.90 Å². The summed E-state index contributed by atoms with van der Waals surface area (Å²) in [6, 6.07) is 6.24. The Bertz CT molecular complexity index is 719. The van der Waals surface area contributed by atoms with Crippen LogP contribution in [0.1, 0.15) is 18.5 Å². The van der Waals surface area contributed by atoms with Crippen LogP contribution in [0.4, 0.5) is 4.79 Å². The number of amides is 2. The molecule has 2 aliphatic heterocycles. The Morgan fingerprint density at radius 2 is 2.15 bits per heavy atom. The molecule has 2 aliphatic rings. The van der Waals surface area contributed by atoms with Crippen LogP contribution in [0.25, 0.3) is 0 Å². The van der Waals surface area contributed by atoms with E-state index >= 15 is 0 Å². The van der Waals surface area contributed by atoms with Crippen LogP contribution in [0, 0.1) is 0 Å². The van der Waals surface area contributed by atoms with Gasteiger partial charge < -0.3 is 15.4 Å². The molecule has 0 unspecified atom stereocenters. The van der Waals surface area contributed by atoms with Gasteiger partial charge in [-0.1, -0.05) is 23.7 Å². The highest BCUT2D eigenvalue weighted by atomic mass is 35.5. The molecule has 0 aliphatic carbocycles. The first-order chi connectivity index (χ1) is 12.6. The average Bonchev–Trinajstić information content (AvgIpc) is 2.62. The van der Waals surface area contributed by atoms with Crippen molar-refractivity contribution in [3.8, 4) is 0 Å². The molecule has 26 heavy (non-hydrogen) atoms. The standard InChI is InChI=1S/C18H22ClN3O3S/c1-2-25-17(23)15-14(11-22-6-8-26-9-7-22)20-18(24)21-16(15)12-4-3-5-13(19)10-12/h3-5,10,16H,2,6-9,11H2,1H3,(H2,20,21,24)/t16-/m1/s1. The molecule has 1 atom stereocenters. The fourth-order valence-electron chi connectivity index (χ4n) is 3.11. The monoisotopic (exact) mass is 395 g/mol. The quantitative estimate of drug-likeness (QED) is 0.750. The first kappa shape index (κ1) is 19.1. The molecule has 1 aromatic carbocycles. The third-order valence-corrected chi connectivity index (χ3v) is 5.49. The second-order valence-electron chi connectivity index (χ2n) is 6.09. The third kappa shape index (κ3) is 4.52. The second kappa shape index (κ2) is 8.79. The van der Waals surface area contributed by atoms with Crippen molar-refractivity contribution in [3.63, 3.8) is 0 Å². The summed E-state index contributed by atoms with van der Waals surface area (Å²) in [5.41, 5.74) is 1.79. The van der Waals surface area contributed by atoms with Crippen molar-refractivity contribution in [2.45, 2.75) is 13.0 Å². The van der Waals surface area contributed by atoms with E-state index < -0.39 is 12.0 Å². The van der Waals surface area contributed by atoms with Gasteiger partial charge in [0.1, 0.15) is 0 Å². The van der Waals surface area contributed by atoms with Crippen LogP contribution >= 0.6 is 23.4 Å². The van der Waals surface area contributed by atoms with Gasteiger partial charge in [-0.05, 0) is 24.6 Å². The number of hydrogen-bond acceptors (Lipinski definition) is 5. The van der Waals surface area contributed by atoms with E-state index in [1.807, 2.05) is 17.8 Å². The van der Waals surface area contributed by atoms with Gasteiger partial charge in [-0.2, -0.15) is 11.8 Å². The van der Waals surface area contributed by atoms with Crippen molar-refractivity contribution in [1.29, 1.82) is 0 Å². The lowest BCUT2D eigenvalue weighted by Crippen LogP contribution is -2.49. The summed E-state index contributed by atoms with van der Waals surface area (Å²) in [6.45, 7) is 4.40. The smallest absolute Gasteiger partial charge is 0.338 e. The predicted octanol–water partition coefficient (Wildman–Crippen LogP) is 2.56. The van der Waals surface area contributed by atoms with Gasteiger partial charge in [0, 0.05) is 41.9 Å². The Hall–Kier alpha value is -1.70. The SMILES string of the molecule is CCOC(=O)C1=C(CN2CCSCC2)NC(=O)N[C@@H]1c1cccc(Cl)c1. The highest BCUT2D eigenvalue weighted by molar-refractivity contribution is 7.99. The van der Waals surface area contributed by atoms with Crippen molar-refractivity contribution in [3.05, 3.63) is 46.1 Å². The lowest BCUT2D eigenvalue weighted by Gasteiger charge is -2.33. The van der Waals surface area contributed by atoms with Gasteiger partial charge in [0.25, 0.3) is 0 Å². The number of nitrogens with zero attached hydrogens (tertiary/aromatic N) is 1. The Morgan fingerprint density at radius 1 is 1.38 bits per heavy atom. The highest BCUT2D eigenvalue weighted by Gasteiger charge is 2.34. The lowest BCUT2D eigenvalue weighted by atomic mass is 9.95. The van der Waals surface area contributed by atoms with Crippen LogP contribution in [0.3, 0.4) is 0 Å². The number of carbonyl (C=O) groups is 2. The largest absolute Gasteiger partial charge is 0.463 e. The van der Waals surface area contributed by atoms with Crippen LogP contribution < -0.4 is 10.6 Å². The average molecular weight is 396 g/mol. The summed E-state index contributed by atoms with van der Waals surface area (Å²) < 4.78 is 5.27. The molecule has 1 fully saturated rings. The van der Waals surface area contributed by atoms with Crippen LogP contribution in [0.2, 0.25) is 5.02 Å². The molecule has 0 aromatic heterocycles. The van der Waals surface area contributed by atoms with Gasteiger partial charge in [0.15, 0.2) is 0 Å². The molecular formula is C18H22ClN3O3S. The normalized spacial score (nSPS) is 21.2. The number of benzene rings is 1. The lowest BCUT2D eigenvalue weighted by molar-refractivity contribution is -0.139. The summed E-state index contributed by atoms with van der Waals surface area (Å²) in [4.78, 5) is 27.2. The van der Waals surface area contributed by atoms with E-state index in [-0.39, 0.29) is 12.6 Å². The number of rotatable bonds is 5. The van der Waals surface area contributed by atoms with Gasteiger partial charge >= 0.3 is 12.0 Å². The zero-order valence-electron chi connectivity index (χ0n) is 14.6. The first-order valence-electron chi connectivity index (χ1n) is 8.61. The van der Waals surface area contributed by atoms with Crippen LogP contribution in [-0.4, -0.2) is 54.6 Å². The van der Waals surface area contributed by atoms with E-state index in [1.54, 1.807) is 25.1 Å². The molecule has 0 bridgehead atoms. The zero-order chi connectivity index (χ0) is 18.5. The molecule has 2 N–H and O–H groups in total. The van der Waals surface area contributed by atoms with Crippen molar-refractivity contribution in [2.75, 3.05) is 37.7 Å².